The fourth-order valence-electron chi connectivity index (χ4n) is 3.16. The average Bonchev–Trinajstić information content (AvgIpc) is 2.48. The molecular weight excluding hydrogens is 250 g/mol. The highest BCUT2D eigenvalue weighted by Crippen LogP contribution is 2.24. The summed E-state index contributed by atoms with van der Waals surface area (Å²) in [5.41, 5.74) is 3.85. The van der Waals surface area contributed by atoms with Crippen LogP contribution in [0.5, 0.6) is 0 Å². The lowest BCUT2D eigenvalue weighted by Gasteiger charge is -2.37. The van der Waals surface area contributed by atoms with E-state index in [1.807, 2.05) is 0 Å². The van der Waals surface area contributed by atoms with Gasteiger partial charge in [-0.25, -0.2) is 9.97 Å². The summed E-state index contributed by atoms with van der Waals surface area (Å²) in [6, 6.07) is 0.333. The van der Waals surface area contributed by atoms with Crippen LogP contribution in [0.25, 0.3) is 0 Å². The third-order valence-electron chi connectivity index (χ3n) is 4.52. The Morgan fingerprint density at radius 1 is 1.25 bits per heavy atom. The lowest BCUT2D eigenvalue weighted by atomic mass is 10.0. The molecule has 0 saturated carbocycles. The second-order valence-corrected chi connectivity index (χ2v) is 5.99. The molecule has 2 aliphatic rings. The number of aromatic nitrogens is 2. The van der Waals surface area contributed by atoms with E-state index >= 15 is 0 Å². The van der Waals surface area contributed by atoms with Crippen molar-refractivity contribution in [2.24, 2.45) is 0 Å². The molecule has 0 amide bonds. The van der Waals surface area contributed by atoms with Crippen LogP contribution in [-0.2, 0) is 19.4 Å². The molecule has 0 aromatic carbocycles. The van der Waals surface area contributed by atoms with E-state index in [-0.39, 0.29) is 0 Å². The summed E-state index contributed by atoms with van der Waals surface area (Å²) in [5.74, 6) is 1.02. The number of nitrogens with one attached hydrogen (secondary N) is 1. The maximum Gasteiger partial charge on any atom is 0.147 e. The average molecular weight is 275 g/mol. The molecule has 0 radical (unpaired) electrons. The van der Waals surface area contributed by atoms with Crippen molar-refractivity contribution in [3.8, 4) is 0 Å². The smallest absolute Gasteiger partial charge is 0.147 e. The second-order valence-electron chi connectivity index (χ2n) is 5.99. The number of fused-ring (bicyclic) bond motifs is 1. The second kappa shape index (κ2) is 5.76. The van der Waals surface area contributed by atoms with Crippen LogP contribution in [0, 0.1) is 0 Å². The van der Waals surface area contributed by atoms with Crippen molar-refractivity contribution in [3.05, 3.63) is 22.8 Å². The Kier molecular flexibility index (Phi) is 4.01. The van der Waals surface area contributed by atoms with Gasteiger partial charge in [-0.2, -0.15) is 0 Å². The van der Waals surface area contributed by atoms with Crippen LogP contribution in [0.15, 0.2) is 0 Å². The predicted octanol–water partition coefficient (Wildman–Crippen LogP) is 0.603. The van der Waals surface area contributed by atoms with Crippen LogP contribution in [0.3, 0.4) is 0 Å². The van der Waals surface area contributed by atoms with Gasteiger partial charge in [0.1, 0.15) is 5.82 Å². The SMILES string of the molecule is CCc1nc(C2CN(C)CCN2C)nc2c1CNCC2. The highest BCUT2D eigenvalue weighted by molar-refractivity contribution is 5.29. The number of likely N-dealkylation sites (N-methyl/N-ethyl adjacent to an activating group) is 2. The van der Waals surface area contributed by atoms with E-state index in [2.05, 4.69) is 36.1 Å². The predicted molar refractivity (Wildman–Crippen MR) is 79.7 cm³/mol. The summed E-state index contributed by atoms with van der Waals surface area (Å²) in [7, 11) is 4.37. The van der Waals surface area contributed by atoms with Crippen molar-refractivity contribution in [2.75, 3.05) is 40.3 Å². The number of hydrogen-bond donors (Lipinski definition) is 1. The standard InChI is InChI=1S/C15H25N5/c1-4-12-11-9-16-6-5-13(11)18-15(17-12)14-10-19(2)7-8-20(14)3/h14,16H,4-10H2,1-3H3. The van der Waals surface area contributed by atoms with E-state index in [4.69, 9.17) is 9.97 Å². The van der Waals surface area contributed by atoms with Crippen molar-refractivity contribution in [3.63, 3.8) is 0 Å². The van der Waals surface area contributed by atoms with Crippen molar-refractivity contribution < 1.29 is 0 Å². The Hall–Kier alpha value is -1.04. The first kappa shape index (κ1) is 13.9. The Morgan fingerprint density at radius 3 is 2.90 bits per heavy atom. The highest BCUT2D eigenvalue weighted by atomic mass is 15.3. The summed E-state index contributed by atoms with van der Waals surface area (Å²) in [6.45, 7) is 7.40. The van der Waals surface area contributed by atoms with Crippen LogP contribution < -0.4 is 5.32 Å². The fourth-order valence-corrected chi connectivity index (χ4v) is 3.16. The van der Waals surface area contributed by atoms with Crippen LogP contribution in [-0.4, -0.2) is 60.0 Å². The van der Waals surface area contributed by atoms with Crippen LogP contribution in [0.4, 0.5) is 0 Å². The van der Waals surface area contributed by atoms with Crippen molar-refractivity contribution >= 4 is 0 Å². The zero-order chi connectivity index (χ0) is 14.1. The van der Waals surface area contributed by atoms with Gasteiger partial charge in [0.15, 0.2) is 0 Å². The first-order valence-electron chi connectivity index (χ1n) is 7.67. The molecule has 2 aliphatic heterocycles. The normalized spacial score (nSPS) is 24.6. The highest BCUT2D eigenvalue weighted by Gasteiger charge is 2.28. The molecule has 1 fully saturated rings. The van der Waals surface area contributed by atoms with Gasteiger partial charge in [0.25, 0.3) is 0 Å². The molecule has 1 atom stereocenters. The minimum atomic E-state index is 0.333. The summed E-state index contributed by atoms with van der Waals surface area (Å²) in [6.07, 6.45) is 2.02. The first-order valence-corrected chi connectivity index (χ1v) is 7.67. The molecule has 5 nitrogen and oxygen atoms in total. The molecule has 1 unspecified atom stereocenters. The number of nitrogens with zero attached hydrogens (tertiary/aromatic N) is 4. The zero-order valence-electron chi connectivity index (χ0n) is 12.8. The molecule has 0 spiro atoms. The molecule has 0 aliphatic carbocycles. The number of rotatable bonds is 2. The minimum absolute atomic E-state index is 0.333. The molecule has 1 aromatic heterocycles. The van der Waals surface area contributed by atoms with Gasteiger partial charge < -0.3 is 10.2 Å². The molecule has 20 heavy (non-hydrogen) atoms. The van der Waals surface area contributed by atoms with Crippen molar-refractivity contribution in [1.82, 2.24) is 25.1 Å². The summed E-state index contributed by atoms with van der Waals surface area (Å²) < 4.78 is 0. The van der Waals surface area contributed by atoms with Gasteiger partial charge in [0, 0.05) is 50.4 Å². The Bertz CT molecular complexity index is 470. The maximum atomic E-state index is 4.91. The third kappa shape index (κ3) is 2.57. The van der Waals surface area contributed by atoms with Gasteiger partial charge >= 0.3 is 0 Å². The van der Waals surface area contributed by atoms with Gasteiger partial charge in [0.2, 0.25) is 0 Å². The number of piperazine rings is 1. The molecule has 0 bridgehead atoms. The monoisotopic (exact) mass is 275 g/mol. The lowest BCUT2D eigenvalue weighted by molar-refractivity contribution is 0.109. The Labute approximate surface area is 121 Å². The lowest BCUT2D eigenvalue weighted by Crippen LogP contribution is -2.45. The van der Waals surface area contributed by atoms with Crippen LogP contribution in [0.2, 0.25) is 0 Å². The van der Waals surface area contributed by atoms with Crippen LogP contribution >= 0.6 is 0 Å². The summed E-state index contributed by atoms with van der Waals surface area (Å²) >= 11 is 0. The van der Waals surface area contributed by atoms with Gasteiger partial charge in [-0.05, 0) is 20.5 Å². The Morgan fingerprint density at radius 2 is 2.10 bits per heavy atom. The third-order valence-corrected chi connectivity index (χ3v) is 4.52. The van der Waals surface area contributed by atoms with Gasteiger partial charge in [-0.3, -0.25) is 4.90 Å². The molecule has 1 aromatic rings. The first-order chi connectivity index (χ1) is 9.69. The van der Waals surface area contributed by atoms with Gasteiger partial charge in [-0.1, -0.05) is 6.92 Å². The summed E-state index contributed by atoms with van der Waals surface area (Å²) in [4.78, 5) is 14.6. The van der Waals surface area contributed by atoms with E-state index in [0.717, 1.165) is 51.4 Å². The van der Waals surface area contributed by atoms with Crippen molar-refractivity contribution in [2.45, 2.75) is 32.4 Å². The zero-order valence-corrected chi connectivity index (χ0v) is 12.8. The molecule has 110 valence electrons. The minimum Gasteiger partial charge on any atom is -0.312 e. The Balaban J connectivity index is 1.96. The molecular formula is C15H25N5. The van der Waals surface area contributed by atoms with Crippen LogP contribution in [0.1, 0.15) is 35.7 Å². The fraction of sp³-hybridized carbons (Fsp3) is 0.733. The van der Waals surface area contributed by atoms with E-state index in [1.54, 1.807) is 0 Å². The largest absolute Gasteiger partial charge is 0.312 e. The molecule has 1 saturated heterocycles. The molecule has 3 rings (SSSR count). The topological polar surface area (TPSA) is 44.3 Å². The maximum absolute atomic E-state index is 4.91. The molecule has 1 N–H and O–H groups in total. The van der Waals surface area contributed by atoms with Gasteiger partial charge in [0.05, 0.1) is 11.7 Å². The van der Waals surface area contributed by atoms with E-state index in [1.165, 1.54) is 17.0 Å². The quantitative estimate of drug-likeness (QED) is 0.856. The number of aryl methyl sites for hydroxylation is 1. The van der Waals surface area contributed by atoms with Crippen molar-refractivity contribution in [1.29, 1.82) is 0 Å². The molecule has 3 heterocycles. The van der Waals surface area contributed by atoms with E-state index in [0.29, 0.717) is 6.04 Å². The number of hydrogen-bond acceptors (Lipinski definition) is 5. The van der Waals surface area contributed by atoms with E-state index in [9.17, 15) is 0 Å². The van der Waals surface area contributed by atoms with Gasteiger partial charge in [-0.15, -0.1) is 0 Å². The molecule has 5 heteroatoms. The summed E-state index contributed by atoms with van der Waals surface area (Å²) in [5, 5.41) is 3.43. The van der Waals surface area contributed by atoms with E-state index < -0.39 is 0 Å².